The maximum Gasteiger partial charge on any atom is 0.151 e. The standard InChI is InChI=1S/C12H20N4/c1-9(2)11-4-5-12(15-14-11)16-7-6-13-10(3)8-16/h4-5,9-10,13H,6-8H2,1-3H3. The number of piperazine rings is 1. The van der Waals surface area contributed by atoms with Gasteiger partial charge in [-0.05, 0) is 25.0 Å². The van der Waals surface area contributed by atoms with E-state index in [0.29, 0.717) is 12.0 Å². The van der Waals surface area contributed by atoms with Gasteiger partial charge in [-0.25, -0.2) is 0 Å². The van der Waals surface area contributed by atoms with Crippen molar-refractivity contribution in [2.45, 2.75) is 32.7 Å². The largest absolute Gasteiger partial charge is 0.352 e. The van der Waals surface area contributed by atoms with Crippen LogP contribution in [-0.2, 0) is 0 Å². The highest BCUT2D eigenvalue weighted by atomic mass is 15.3. The van der Waals surface area contributed by atoms with Gasteiger partial charge in [0.15, 0.2) is 5.82 Å². The molecule has 0 spiro atoms. The van der Waals surface area contributed by atoms with Gasteiger partial charge in [0.1, 0.15) is 0 Å². The Morgan fingerprint density at radius 1 is 1.38 bits per heavy atom. The Balaban J connectivity index is 2.09. The number of anilines is 1. The summed E-state index contributed by atoms with van der Waals surface area (Å²) in [7, 11) is 0. The fourth-order valence-electron chi connectivity index (χ4n) is 1.95. The van der Waals surface area contributed by atoms with E-state index in [4.69, 9.17) is 0 Å². The van der Waals surface area contributed by atoms with Crippen LogP contribution in [-0.4, -0.2) is 35.9 Å². The Labute approximate surface area is 97.1 Å². The van der Waals surface area contributed by atoms with E-state index in [1.165, 1.54) is 0 Å². The van der Waals surface area contributed by atoms with Crippen LogP contribution in [0.15, 0.2) is 12.1 Å². The van der Waals surface area contributed by atoms with Crippen molar-refractivity contribution in [3.8, 4) is 0 Å². The summed E-state index contributed by atoms with van der Waals surface area (Å²) in [5.41, 5.74) is 1.06. The van der Waals surface area contributed by atoms with E-state index in [9.17, 15) is 0 Å². The first-order chi connectivity index (χ1) is 7.66. The molecule has 2 rings (SSSR count). The first kappa shape index (κ1) is 11.3. The topological polar surface area (TPSA) is 41.1 Å². The minimum Gasteiger partial charge on any atom is -0.352 e. The molecule has 0 aromatic carbocycles. The molecule has 1 unspecified atom stereocenters. The Bertz CT molecular complexity index is 333. The number of hydrogen-bond acceptors (Lipinski definition) is 4. The quantitative estimate of drug-likeness (QED) is 0.818. The predicted octanol–water partition coefficient (Wildman–Crippen LogP) is 1.40. The molecule has 0 amide bonds. The molecule has 1 aliphatic rings. The molecule has 1 aromatic heterocycles. The van der Waals surface area contributed by atoms with Crippen LogP contribution in [0, 0.1) is 0 Å². The highest BCUT2D eigenvalue weighted by Crippen LogP contribution is 2.15. The zero-order valence-corrected chi connectivity index (χ0v) is 10.3. The summed E-state index contributed by atoms with van der Waals surface area (Å²) in [4.78, 5) is 2.29. The van der Waals surface area contributed by atoms with Gasteiger partial charge in [0.05, 0.1) is 5.69 Å². The smallest absolute Gasteiger partial charge is 0.151 e. The average Bonchev–Trinajstić information content (AvgIpc) is 2.29. The molecule has 0 saturated carbocycles. The van der Waals surface area contributed by atoms with E-state index in [1.54, 1.807) is 0 Å². The van der Waals surface area contributed by atoms with Gasteiger partial charge in [0.25, 0.3) is 0 Å². The molecule has 1 saturated heterocycles. The molecule has 1 fully saturated rings. The molecule has 1 aliphatic heterocycles. The second-order valence-corrected chi connectivity index (χ2v) is 4.77. The first-order valence-electron chi connectivity index (χ1n) is 5.99. The second-order valence-electron chi connectivity index (χ2n) is 4.77. The lowest BCUT2D eigenvalue weighted by Gasteiger charge is -2.32. The molecule has 0 radical (unpaired) electrons. The molecule has 88 valence electrons. The number of hydrogen-bond donors (Lipinski definition) is 1. The van der Waals surface area contributed by atoms with Gasteiger partial charge in [0.2, 0.25) is 0 Å². The van der Waals surface area contributed by atoms with Crippen molar-refractivity contribution in [3.05, 3.63) is 17.8 Å². The number of rotatable bonds is 2. The molecule has 0 aliphatic carbocycles. The van der Waals surface area contributed by atoms with Gasteiger partial charge in [-0.2, -0.15) is 5.10 Å². The summed E-state index contributed by atoms with van der Waals surface area (Å²) in [6, 6.07) is 4.69. The third-order valence-electron chi connectivity index (χ3n) is 2.96. The third kappa shape index (κ3) is 2.50. The first-order valence-corrected chi connectivity index (χ1v) is 5.99. The lowest BCUT2D eigenvalue weighted by Crippen LogP contribution is -2.49. The van der Waals surface area contributed by atoms with Crippen molar-refractivity contribution >= 4 is 5.82 Å². The summed E-state index contributed by atoms with van der Waals surface area (Å²) in [5, 5.41) is 12.0. The van der Waals surface area contributed by atoms with Gasteiger partial charge >= 0.3 is 0 Å². The van der Waals surface area contributed by atoms with Gasteiger partial charge in [0, 0.05) is 25.7 Å². The molecule has 0 bridgehead atoms. The summed E-state index contributed by atoms with van der Waals surface area (Å²) < 4.78 is 0. The third-order valence-corrected chi connectivity index (χ3v) is 2.96. The molecule has 4 nitrogen and oxygen atoms in total. The molecule has 16 heavy (non-hydrogen) atoms. The fourth-order valence-corrected chi connectivity index (χ4v) is 1.95. The van der Waals surface area contributed by atoms with Crippen LogP contribution in [0.2, 0.25) is 0 Å². The zero-order chi connectivity index (χ0) is 11.5. The summed E-state index contributed by atoms with van der Waals surface area (Å²) >= 11 is 0. The Kier molecular flexibility index (Phi) is 3.39. The van der Waals surface area contributed by atoms with E-state index in [0.717, 1.165) is 31.1 Å². The zero-order valence-electron chi connectivity index (χ0n) is 10.3. The van der Waals surface area contributed by atoms with Gasteiger partial charge in [-0.3, -0.25) is 0 Å². The van der Waals surface area contributed by atoms with Crippen LogP contribution in [0.5, 0.6) is 0 Å². The maximum atomic E-state index is 4.31. The Morgan fingerprint density at radius 2 is 2.19 bits per heavy atom. The minimum atomic E-state index is 0.448. The molecular formula is C12H20N4. The molecular weight excluding hydrogens is 200 g/mol. The van der Waals surface area contributed by atoms with Crippen LogP contribution in [0.25, 0.3) is 0 Å². The normalized spacial score (nSPS) is 21.5. The average molecular weight is 220 g/mol. The van der Waals surface area contributed by atoms with Crippen molar-refractivity contribution in [2.75, 3.05) is 24.5 Å². The van der Waals surface area contributed by atoms with Crippen LogP contribution in [0.3, 0.4) is 0 Å². The van der Waals surface area contributed by atoms with E-state index in [1.807, 2.05) is 0 Å². The lowest BCUT2D eigenvalue weighted by molar-refractivity contribution is 0.481. The summed E-state index contributed by atoms with van der Waals surface area (Å²) in [6.45, 7) is 9.51. The van der Waals surface area contributed by atoms with E-state index in [2.05, 4.69) is 53.3 Å². The van der Waals surface area contributed by atoms with Crippen molar-refractivity contribution in [2.24, 2.45) is 0 Å². The van der Waals surface area contributed by atoms with E-state index >= 15 is 0 Å². The highest BCUT2D eigenvalue weighted by Gasteiger charge is 2.17. The molecule has 4 heteroatoms. The van der Waals surface area contributed by atoms with Crippen LogP contribution >= 0.6 is 0 Å². The Morgan fingerprint density at radius 3 is 2.75 bits per heavy atom. The molecule has 2 heterocycles. The highest BCUT2D eigenvalue weighted by molar-refractivity contribution is 5.38. The minimum absolute atomic E-state index is 0.448. The maximum absolute atomic E-state index is 4.31. The summed E-state index contributed by atoms with van der Waals surface area (Å²) in [6.07, 6.45) is 0. The number of aromatic nitrogens is 2. The predicted molar refractivity (Wildman–Crippen MR) is 65.8 cm³/mol. The molecule has 1 N–H and O–H groups in total. The summed E-state index contributed by atoms with van der Waals surface area (Å²) in [5.74, 6) is 1.45. The Hall–Kier alpha value is -1.16. The van der Waals surface area contributed by atoms with Crippen LogP contribution in [0.1, 0.15) is 32.4 Å². The van der Waals surface area contributed by atoms with Crippen molar-refractivity contribution in [3.63, 3.8) is 0 Å². The van der Waals surface area contributed by atoms with Crippen LogP contribution < -0.4 is 10.2 Å². The van der Waals surface area contributed by atoms with Crippen molar-refractivity contribution < 1.29 is 0 Å². The number of nitrogens with one attached hydrogen (secondary N) is 1. The SMILES string of the molecule is CC1CN(c2ccc(C(C)C)nn2)CCN1. The monoisotopic (exact) mass is 220 g/mol. The second kappa shape index (κ2) is 4.78. The van der Waals surface area contributed by atoms with Gasteiger partial charge < -0.3 is 10.2 Å². The lowest BCUT2D eigenvalue weighted by atomic mass is 10.1. The van der Waals surface area contributed by atoms with Crippen LogP contribution in [0.4, 0.5) is 5.82 Å². The van der Waals surface area contributed by atoms with E-state index < -0.39 is 0 Å². The van der Waals surface area contributed by atoms with Crippen molar-refractivity contribution in [1.29, 1.82) is 0 Å². The van der Waals surface area contributed by atoms with E-state index in [-0.39, 0.29) is 0 Å². The number of nitrogens with zero attached hydrogens (tertiary/aromatic N) is 3. The molecule has 1 aromatic rings. The van der Waals surface area contributed by atoms with Crippen molar-refractivity contribution in [1.82, 2.24) is 15.5 Å². The molecule has 1 atom stereocenters. The van der Waals surface area contributed by atoms with Gasteiger partial charge in [-0.1, -0.05) is 13.8 Å². The van der Waals surface area contributed by atoms with Gasteiger partial charge in [-0.15, -0.1) is 5.10 Å². The fraction of sp³-hybridized carbons (Fsp3) is 0.667.